The van der Waals surface area contributed by atoms with Crippen LogP contribution in [0.2, 0.25) is 0 Å². The van der Waals surface area contributed by atoms with Crippen LogP contribution in [0.5, 0.6) is 0 Å². The van der Waals surface area contributed by atoms with Crippen molar-refractivity contribution in [2.45, 2.75) is 111 Å². The number of ether oxygens (including phenoxy) is 2. The zero-order chi connectivity index (χ0) is 43.1. The summed E-state index contributed by atoms with van der Waals surface area (Å²) in [5, 5.41) is 0. The first kappa shape index (κ1) is 41.5. The van der Waals surface area contributed by atoms with E-state index >= 15 is 8.78 Å². The van der Waals surface area contributed by atoms with E-state index in [1.54, 1.807) is 30.5 Å². The van der Waals surface area contributed by atoms with Crippen molar-refractivity contribution in [2.24, 2.45) is 25.4 Å². The van der Waals surface area contributed by atoms with Gasteiger partial charge in [0, 0.05) is 50.4 Å². The van der Waals surface area contributed by atoms with E-state index in [4.69, 9.17) is 14.5 Å². The average molecular weight is 821 g/mol. The molecule has 0 radical (unpaired) electrons. The van der Waals surface area contributed by atoms with Gasteiger partial charge in [0.15, 0.2) is 0 Å². The van der Waals surface area contributed by atoms with Gasteiger partial charge in [0.05, 0.1) is 29.0 Å². The van der Waals surface area contributed by atoms with E-state index in [-0.39, 0.29) is 40.9 Å². The number of hydrogen-bond acceptors (Lipinski definition) is 6. The Bertz CT molecular complexity index is 2490. The molecule has 9 rings (SSSR count). The number of aryl methyl sites for hydroxylation is 2. The summed E-state index contributed by atoms with van der Waals surface area (Å²) < 4.78 is 47.3. The number of imidazole rings is 2. The molecule has 2 atom stereocenters. The molecule has 2 aliphatic carbocycles. The molecule has 2 aliphatic heterocycles. The molecule has 0 unspecified atom stereocenters. The minimum Gasteiger partial charge on any atom is -0.444 e. The normalized spacial score (nSPS) is 20.1. The Labute approximate surface area is 351 Å². The zero-order valence-corrected chi connectivity index (χ0v) is 36.7. The predicted octanol–water partition coefficient (Wildman–Crippen LogP) is 11.2. The van der Waals surface area contributed by atoms with E-state index < -0.39 is 11.5 Å². The molecule has 0 bridgehead atoms. The quantitative estimate of drug-likeness (QED) is 0.180. The summed E-state index contributed by atoms with van der Waals surface area (Å²) in [5.74, 6) is -1.34. The van der Waals surface area contributed by atoms with E-state index in [1.807, 2.05) is 112 Å². The summed E-state index contributed by atoms with van der Waals surface area (Å²) in [7, 11) is 3.84. The fourth-order valence-electron chi connectivity index (χ4n) is 9.09. The number of carbonyl (C=O) groups is 2. The molecule has 0 N–H and O–H groups in total. The standard InChI is InChI=1S/C37H39F2N5O2.C11H19NO2/c1-21-9-8-16-44(35(45)46-36(3,4)5)33(21)34-41-30-15-12-24(19-31(30)43(34)7)23-10-13-26-27-14-11-25(32-20-40-22(2)42(32)6)18-29(27)37(38,39)28(26)17-23;1-10(2,3)14-9(13)12-7-6-11(8-12)4-5-11/h10-15,17-21,33H,8-9,16H2,1-7H3;4-8H2,1-3H3/t21-,33+;/m1./s1. The van der Waals surface area contributed by atoms with Crippen LogP contribution in [-0.4, -0.2) is 71.9 Å². The number of hydrogen-bond donors (Lipinski definition) is 0. The minimum absolute atomic E-state index is 0.00756. The van der Waals surface area contributed by atoms with Crippen molar-refractivity contribution in [1.82, 2.24) is 28.9 Å². The monoisotopic (exact) mass is 820 g/mol. The number of piperidine rings is 1. The second-order valence-electron chi connectivity index (χ2n) is 19.5. The van der Waals surface area contributed by atoms with E-state index in [0.717, 1.165) is 59.9 Å². The largest absolute Gasteiger partial charge is 0.444 e. The minimum atomic E-state index is -3.14. The first-order valence-electron chi connectivity index (χ1n) is 21.2. The number of carbonyl (C=O) groups excluding carboxylic acids is 2. The van der Waals surface area contributed by atoms with Gasteiger partial charge in [0.2, 0.25) is 0 Å². The van der Waals surface area contributed by atoms with Crippen molar-refractivity contribution >= 4 is 23.2 Å². The molecule has 60 heavy (non-hydrogen) atoms. The summed E-state index contributed by atoms with van der Waals surface area (Å²) in [5.41, 5.74) is 5.37. The lowest BCUT2D eigenvalue weighted by Gasteiger charge is -2.39. The Morgan fingerprint density at radius 3 is 1.98 bits per heavy atom. The number of nitrogens with zero attached hydrogens (tertiary/aromatic N) is 6. The van der Waals surface area contributed by atoms with Gasteiger partial charge in [0.1, 0.15) is 22.9 Å². The molecule has 1 spiro atoms. The zero-order valence-electron chi connectivity index (χ0n) is 36.7. The molecule has 2 saturated heterocycles. The molecule has 12 heteroatoms. The van der Waals surface area contributed by atoms with Crippen molar-refractivity contribution in [2.75, 3.05) is 19.6 Å². The summed E-state index contributed by atoms with van der Waals surface area (Å²) in [6.45, 7) is 17.8. The van der Waals surface area contributed by atoms with Gasteiger partial charge in [-0.1, -0.05) is 37.3 Å². The molecule has 318 valence electrons. The summed E-state index contributed by atoms with van der Waals surface area (Å²) in [4.78, 5) is 37.9. The number of likely N-dealkylation sites (tertiary alicyclic amines) is 2. The highest BCUT2D eigenvalue weighted by Gasteiger charge is 2.49. The van der Waals surface area contributed by atoms with Gasteiger partial charge in [-0.05, 0) is 138 Å². The van der Waals surface area contributed by atoms with Crippen molar-refractivity contribution in [1.29, 1.82) is 0 Å². The maximum Gasteiger partial charge on any atom is 0.410 e. The number of halogens is 2. The van der Waals surface area contributed by atoms with Crippen LogP contribution in [0.25, 0.3) is 44.5 Å². The maximum absolute atomic E-state index is 16.1. The highest BCUT2D eigenvalue weighted by Crippen LogP contribution is 2.54. The van der Waals surface area contributed by atoms with Crippen molar-refractivity contribution in [3.63, 3.8) is 0 Å². The van der Waals surface area contributed by atoms with E-state index in [9.17, 15) is 9.59 Å². The van der Waals surface area contributed by atoms with Crippen LogP contribution in [-0.2, 0) is 29.5 Å². The van der Waals surface area contributed by atoms with Crippen LogP contribution < -0.4 is 0 Å². The van der Waals surface area contributed by atoms with Crippen LogP contribution in [0.3, 0.4) is 0 Å². The van der Waals surface area contributed by atoms with Gasteiger partial charge in [0.25, 0.3) is 5.92 Å². The molecule has 4 aliphatic rings. The van der Waals surface area contributed by atoms with Gasteiger partial charge in [-0.15, -0.1) is 0 Å². The maximum atomic E-state index is 16.1. The van der Waals surface area contributed by atoms with Crippen molar-refractivity contribution in [3.8, 4) is 33.5 Å². The van der Waals surface area contributed by atoms with Crippen LogP contribution >= 0.6 is 0 Å². The third kappa shape index (κ3) is 7.78. The lowest BCUT2D eigenvalue weighted by Crippen LogP contribution is -2.45. The molecule has 1 saturated carbocycles. The fraction of sp³-hybridized carbons (Fsp3) is 0.500. The summed E-state index contributed by atoms with van der Waals surface area (Å²) >= 11 is 0. The lowest BCUT2D eigenvalue weighted by atomic mass is 9.90. The highest BCUT2D eigenvalue weighted by molar-refractivity contribution is 5.87. The molecule has 5 aromatic rings. The first-order valence-corrected chi connectivity index (χ1v) is 21.2. The molecular weight excluding hydrogens is 763 g/mol. The molecular formula is C48H58F2N6O4. The smallest absolute Gasteiger partial charge is 0.410 e. The number of alkyl halides is 2. The second kappa shape index (κ2) is 14.7. The van der Waals surface area contributed by atoms with Crippen LogP contribution in [0.4, 0.5) is 18.4 Å². The predicted molar refractivity (Wildman–Crippen MR) is 230 cm³/mol. The van der Waals surface area contributed by atoms with Gasteiger partial charge < -0.3 is 23.5 Å². The Hall–Kier alpha value is -5.26. The Kier molecular flexibility index (Phi) is 10.2. The van der Waals surface area contributed by atoms with E-state index in [1.165, 1.54) is 19.3 Å². The average Bonchev–Trinajstić information content (AvgIpc) is 3.37. The van der Waals surface area contributed by atoms with Crippen molar-refractivity contribution in [3.05, 3.63) is 83.6 Å². The fourth-order valence-corrected chi connectivity index (χ4v) is 9.09. The van der Waals surface area contributed by atoms with E-state index in [0.29, 0.717) is 34.2 Å². The number of aromatic nitrogens is 4. The van der Waals surface area contributed by atoms with Crippen LogP contribution in [0, 0.1) is 18.3 Å². The molecule has 10 nitrogen and oxygen atoms in total. The Balaban J connectivity index is 0.000000301. The van der Waals surface area contributed by atoms with Gasteiger partial charge in [-0.2, -0.15) is 8.78 Å². The van der Waals surface area contributed by atoms with E-state index in [2.05, 4.69) is 11.9 Å². The molecule has 2 aromatic heterocycles. The van der Waals surface area contributed by atoms with Crippen LogP contribution in [0.15, 0.2) is 60.8 Å². The SMILES string of the molecule is CC(C)(C)OC(=O)N1CCC2(CC2)C1.Cc1ncc(-c2ccc3c(c2)C(F)(F)c2cc(-c4ccc5nc([C@@H]6[C@H](C)CCCN6C(=O)OC(C)(C)C)n(C)c5c4)ccc2-3)n1C. The topological polar surface area (TPSA) is 94.7 Å². The highest BCUT2D eigenvalue weighted by atomic mass is 19.3. The van der Waals surface area contributed by atoms with Crippen molar-refractivity contribution < 1.29 is 27.8 Å². The summed E-state index contributed by atoms with van der Waals surface area (Å²) in [6, 6.07) is 16.2. The second-order valence-corrected chi connectivity index (χ2v) is 19.5. The molecule has 3 aromatic carbocycles. The lowest BCUT2D eigenvalue weighted by molar-refractivity contribution is -0.000704. The van der Waals surface area contributed by atoms with Gasteiger partial charge in [-0.25, -0.2) is 19.6 Å². The number of rotatable bonds is 3. The molecule has 2 amide bonds. The third-order valence-corrected chi connectivity index (χ3v) is 12.6. The Morgan fingerprint density at radius 2 is 1.38 bits per heavy atom. The van der Waals surface area contributed by atoms with Crippen LogP contribution in [0.1, 0.15) is 109 Å². The summed E-state index contributed by atoms with van der Waals surface area (Å²) in [6.07, 6.45) is 6.90. The number of fused-ring (bicyclic) bond motifs is 4. The third-order valence-electron chi connectivity index (χ3n) is 12.6. The van der Waals surface area contributed by atoms with Gasteiger partial charge in [-0.3, -0.25) is 4.90 Å². The first-order chi connectivity index (χ1) is 28.1. The number of benzene rings is 3. The number of amides is 2. The molecule has 3 fully saturated rings. The molecule has 4 heterocycles. The Morgan fingerprint density at radius 1 is 0.783 bits per heavy atom. The van der Waals surface area contributed by atoms with Gasteiger partial charge >= 0.3 is 12.2 Å².